The number of halogens is 17. The summed E-state index contributed by atoms with van der Waals surface area (Å²) in [5.41, 5.74) is 0. The van der Waals surface area contributed by atoms with E-state index in [4.69, 9.17) is 5.11 Å². The molecule has 0 rings (SSSR count). The summed E-state index contributed by atoms with van der Waals surface area (Å²) >= 11 is 0. The van der Waals surface area contributed by atoms with Gasteiger partial charge in [-0.1, -0.05) is 0 Å². The van der Waals surface area contributed by atoms with E-state index in [0.717, 1.165) is 0 Å². The van der Waals surface area contributed by atoms with E-state index in [0.29, 0.717) is 0 Å². The molecule has 0 saturated carbocycles. The van der Waals surface area contributed by atoms with Crippen LogP contribution in [0, 0.1) is 0 Å². The van der Waals surface area contributed by atoms with Crippen molar-refractivity contribution in [3.8, 4) is 0 Å². The summed E-state index contributed by atoms with van der Waals surface area (Å²) < 4.78 is 251. The summed E-state index contributed by atoms with van der Waals surface area (Å²) in [5, 5.41) is 0.851. The maximum atomic E-state index is 14.3. The maximum absolute atomic E-state index is 14.3. The SMILES string of the molecule is C[N+](C)(C)CCCN(CC(=O)O)S(=O)(=O)C(F)(F)C(F)(F)C(F)(F)C(F)(F)C(F)(F)C(F)(F)C(F)(F)C(F)(F)F. The standard InChI is InChI=1S/C16H17F17N2O4S/c1-35(2,3)6-4-5-34(7-8(36)37)40(38,39)16(32,33)14(27,28)12(23,24)10(19,20)9(17,18)11(21,22)13(25,26)15(29,30)31/h4-7H2,1-3H3/p+1. The van der Waals surface area contributed by atoms with Crippen LogP contribution in [0.4, 0.5) is 74.6 Å². The van der Waals surface area contributed by atoms with Crippen molar-refractivity contribution in [3.05, 3.63) is 0 Å². The lowest BCUT2D eigenvalue weighted by molar-refractivity contribution is -0.870. The van der Waals surface area contributed by atoms with Crippen LogP contribution in [0.5, 0.6) is 0 Å². The zero-order valence-corrected chi connectivity index (χ0v) is 20.5. The second kappa shape index (κ2) is 10.5. The van der Waals surface area contributed by atoms with Crippen molar-refractivity contribution in [3.63, 3.8) is 0 Å². The second-order valence-electron chi connectivity index (χ2n) is 9.06. The van der Waals surface area contributed by atoms with Gasteiger partial charge in [0.25, 0.3) is 10.0 Å². The third-order valence-corrected chi connectivity index (χ3v) is 6.80. The van der Waals surface area contributed by atoms with Crippen LogP contribution in [0.3, 0.4) is 0 Å². The molecule has 0 aliphatic heterocycles. The third-order valence-electron chi connectivity index (χ3n) is 4.91. The lowest BCUT2D eigenvalue weighted by Gasteiger charge is -2.43. The summed E-state index contributed by atoms with van der Waals surface area (Å²) in [7, 11) is -3.62. The van der Waals surface area contributed by atoms with Crippen LogP contribution in [0.1, 0.15) is 6.42 Å². The van der Waals surface area contributed by atoms with Crippen molar-refractivity contribution in [2.24, 2.45) is 0 Å². The number of nitrogens with zero attached hydrogens (tertiary/aromatic N) is 2. The Morgan fingerprint density at radius 2 is 0.975 bits per heavy atom. The maximum Gasteiger partial charge on any atom is 0.460 e. The number of hydrogen-bond acceptors (Lipinski definition) is 3. The molecule has 240 valence electrons. The number of hydrogen-bond donors (Lipinski definition) is 1. The Kier molecular flexibility index (Phi) is 9.97. The molecule has 24 heteroatoms. The second-order valence-corrected chi connectivity index (χ2v) is 11.0. The number of alkyl halides is 17. The molecule has 0 bridgehead atoms. The number of carboxylic acids is 1. The Morgan fingerprint density at radius 3 is 1.27 bits per heavy atom. The van der Waals surface area contributed by atoms with E-state index in [-0.39, 0.29) is 11.0 Å². The van der Waals surface area contributed by atoms with Gasteiger partial charge in [0.15, 0.2) is 0 Å². The topological polar surface area (TPSA) is 74.7 Å². The predicted octanol–water partition coefficient (Wildman–Crippen LogP) is 4.77. The summed E-state index contributed by atoms with van der Waals surface area (Å²) in [5.74, 6) is -54.7. The molecular weight excluding hydrogens is 639 g/mol. The van der Waals surface area contributed by atoms with Crippen LogP contribution in [-0.2, 0) is 14.8 Å². The molecule has 0 amide bonds. The van der Waals surface area contributed by atoms with E-state index in [1.807, 2.05) is 0 Å². The van der Waals surface area contributed by atoms with Crippen molar-refractivity contribution in [1.29, 1.82) is 0 Å². The average molecular weight is 657 g/mol. The Bertz CT molecular complexity index is 1040. The molecule has 0 aromatic carbocycles. The van der Waals surface area contributed by atoms with Gasteiger partial charge in [-0.15, -0.1) is 0 Å². The molecule has 0 unspecified atom stereocenters. The highest BCUT2D eigenvalue weighted by Crippen LogP contribution is 2.64. The van der Waals surface area contributed by atoms with Gasteiger partial charge in [-0.3, -0.25) is 4.79 Å². The van der Waals surface area contributed by atoms with Crippen molar-refractivity contribution < 1.29 is 97.4 Å². The number of aliphatic carboxylic acids is 1. The minimum atomic E-state index is -8.96. The van der Waals surface area contributed by atoms with Crippen LogP contribution in [0.2, 0.25) is 0 Å². The Morgan fingerprint density at radius 1 is 0.650 bits per heavy atom. The van der Waals surface area contributed by atoms with E-state index in [9.17, 15) is 87.8 Å². The first kappa shape index (κ1) is 38.1. The smallest absolute Gasteiger partial charge is 0.460 e. The highest BCUT2D eigenvalue weighted by atomic mass is 32.2. The minimum Gasteiger partial charge on any atom is -0.480 e. The first-order valence-corrected chi connectivity index (χ1v) is 11.2. The van der Waals surface area contributed by atoms with Crippen LogP contribution in [0.25, 0.3) is 0 Å². The monoisotopic (exact) mass is 657 g/mol. The molecule has 0 fully saturated rings. The van der Waals surface area contributed by atoms with Gasteiger partial charge in [-0.25, -0.2) is 8.42 Å². The number of quaternary nitrogens is 1. The first-order chi connectivity index (χ1) is 17.0. The van der Waals surface area contributed by atoms with E-state index in [2.05, 4.69) is 0 Å². The van der Waals surface area contributed by atoms with Crippen molar-refractivity contribution in [2.75, 3.05) is 40.8 Å². The van der Waals surface area contributed by atoms with E-state index in [1.54, 1.807) is 0 Å². The van der Waals surface area contributed by atoms with Crippen LogP contribution in [-0.4, -0.2) is 116 Å². The molecule has 0 saturated heterocycles. The Balaban J connectivity index is 7.00. The molecule has 0 heterocycles. The van der Waals surface area contributed by atoms with Gasteiger partial charge >= 0.3 is 52.9 Å². The average Bonchev–Trinajstić information content (AvgIpc) is 2.69. The summed E-state index contributed by atoms with van der Waals surface area (Å²) in [6, 6.07) is 0. The lowest BCUT2D eigenvalue weighted by Crippen LogP contribution is -2.75. The van der Waals surface area contributed by atoms with E-state index in [1.165, 1.54) is 21.1 Å². The Labute approximate surface area is 212 Å². The molecule has 0 aliphatic carbocycles. The number of sulfonamides is 1. The van der Waals surface area contributed by atoms with Gasteiger partial charge in [0.1, 0.15) is 6.54 Å². The van der Waals surface area contributed by atoms with Gasteiger partial charge < -0.3 is 9.59 Å². The Hall–Kier alpha value is -1.85. The van der Waals surface area contributed by atoms with Crippen LogP contribution in [0.15, 0.2) is 0 Å². The van der Waals surface area contributed by atoms with E-state index >= 15 is 0 Å². The summed E-state index contributed by atoms with van der Waals surface area (Å²) in [4.78, 5) is 10.8. The first-order valence-electron chi connectivity index (χ1n) is 9.75. The molecular formula is C16H18F17N2O4S+. The highest BCUT2D eigenvalue weighted by molar-refractivity contribution is 7.90. The molecule has 6 nitrogen and oxygen atoms in total. The molecule has 0 aromatic rings. The van der Waals surface area contributed by atoms with Crippen molar-refractivity contribution in [1.82, 2.24) is 4.31 Å². The number of carboxylic acid groups (broad SMARTS) is 1. The fraction of sp³-hybridized carbons (Fsp3) is 0.938. The van der Waals surface area contributed by atoms with Gasteiger partial charge in [-0.05, 0) is 0 Å². The van der Waals surface area contributed by atoms with Gasteiger partial charge in [0, 0.05) is 13.0 Å². The molecule has 0 radical (unpaired) electrons. The molecule has 0 aromatic heterocycles. The minimum absolute atomic E-state index is 0.163. The largest absolute Gasteiger partial charge is 0.480 e. The fourth-order valence-corrected chi connectivity index (χ4v) is 4.06. The van der Waals surface area contributed by atoms with Gasteiger partial charge in [0.05, 0.1) is 27.7 Å². The summed E-state index contributed by atoms with van der Waals surface area (Å²) in [6.07, 6.45) is -8.66. The van der Waals surface area contributed by atoms with Gasteiger partial charge in [-0.2, -0.15) is 78.9 Å². The predicted molar refractivity (Wildman–Crippen MR) is 96.3 cm³/mol. The number of carbonyl (C=O) groups is 1. The molecule has 0 atom stereocenters. The molecule has 0 spiro atoms. The third kappa shape index (κ3) is 5.88. The van der Waals surface area contributed by atoms with Crippen LogP contribution < -0.4 is 0 Å². The molecule has 1 N–H and O–H groups in total. The fourth-order valence-electron chi connectivity index (χ4n) is 2.63. The van der Waals surface area contributed by atoms with Crippen LogP contribution >= 0.6 is 0 Å². The van der Waals surface area contributed by atoms with Crippen molar-refractivity contribution in [2.45, 2.75) is 53.4 Å². The molecule has 0 aliphatic rings. The van der Waals surface area contributed by atoms with Crippen molar-refractivity contribution >= 4 is 16.0 Å². The zero-order valence-electron chi connectivity index (χ0n) is 19.7. The summed E-state index contributed by atoms with van der Waals surface area (Å²) in [6.45, 7) is -4.11. The molecule has 40 heavy (non-hydrogen) atoms. The zero-order chi connectivity index (χ0) is 33.0. The number of rotatable bonds is 14. The quantitative estimate of drug-likeness (QED) is 0.216. The van der Waals surface area contributed by atoms with E-state index < -0.39 is 86.8 Å². The normalized spacial score (nSPS) is 16.0. The van der Waals surface area contributed by atoms with Gasteiger partial charge in [0.2, 0.25) is 0 Å². The lowest BCUT2D eigenvalue weighted by atomic mass is 9.91. The highest BCUT2D eigenvalue weighted by Gasteiger charge is 2.96.